The number of thioether (sulfide) groups is 1. The average Bonchev–Trinajstić information content (AvgIpc) is 2.73. The van der Waals surface area contributed by atoms with Gasteiger partial charge in [-0.2, -0.15) is 0 Å². The fourth-order valence-corrected chi connectivity index (χ4v) is 3.64. The fraction of sp³-hybridized carbons (Fsp3) is 0.286. The summed E-state index contributed by atoms with van der Waals surface area (Å²) in [6, 6.07) is 13.5. The van der Waals surface area contributed by atoms with Crippen LogP contribution in [-0.2, 0) is 25.5 Å². The van der Waals surface area contributed by atoms with Crippen molar-refractivity contribution in [2.75, 3.05) is 34.9 Å². The maximum Gasteiger partial charge on any atom is 0.316 e. The molecule has 1 aliphatic heterocycles. The lowest BCUT2D eigenvalue weighted by Crippen LogP contribution is -2.38. The molecular formula is C21H21FN2O4S. The zero-order chi connectivity index (χ0) is 20.6. The smallest absolute Gasteiger partial charge is 0.316 e. The van der Waals surface area contributed by atoms with E-state index in [2.05, 4.69) is 5.32 Å². The van der Waals surface area contributed by atoms with Gasteiger partial charge in [0.2, 0.25) is 5.91 Å². The Labute approximate surface area is 172 Å². The zero-order valence-electron chi connectivity index (χ0n) is 15.7. The molecule has 3 rings (SSSR count). The van der Waals surface area contributed by atoms with Gasteiger partial charge in [-0.25, -0.2) is 4.39 Å². The van der Waals surface area contributed by atoms with Crippen LogP contribution in [0.2, 0.25) is 0 Å². The van der Waals surface area contributed by atoms with Crippen molar-refractivity contribution in [1.82, 2.24) is 0 Å². The second-order valence-electron chi connectivity index (χ2n) is 6.46. The molecule has 0 fully saturated rings. The third-order valence-corrected chi connectivity index (χ3v) is 5.28. The molecule has 2 aromatic rings. The van der Waals surface area contributed by atoms with E-state index in [0.717, 1.165) is 35.9 Å². The van der Waals surface area contributed by atoms with Gasteiger partial charge in [0.1, 0.15) is 5.82 Å². The molecule has 1 aliphatic rings. The third kappa shape index (κ3) is 5.80. The van der Waals surface area contributed by atoms with Crippen LogP contribution in [-0.4, -0.2) is 42.4 Å². The summed E-state index contributed by atoms with van der Waals surface area (Å²) in [7, 11) is 0. The molecule has 1 heterocycles. The molecule has 6 nitrogen and oxygen atoms in total. The van der Waals surface area contributed by atoms with Gasteiger partial charge in [-0.3, -0.25) is 14.4 Å². The second kappa shape index (κ2) is 10.1. The lowest BCUT2D eigenvalue weighted by molar-refractivity contribution is -0.145. The molecule has 0 atom stereocenters. The molecule has 0 saturated heterocycles. The number of para-hydroxylation sites is 2. The van der Waals surface area contributed by atoms with Crippen molar-refractivity contribution in [1.29, 1.82) is 0 Å². The monoisotopic (exact) mass is 416 g/mol. The molecule has 0 spiro atoms. The van der Waals surface area contributed by atoms with Crippen molar-refractivity contribution in [3.05, 3.63) is 59.9 Å². The molecule has 152 valence electrons. The van der Waals surface area contributed by atoms with Crippen LogP contribution in [0.3, 0.4) is 0 Å². The molecule has 0 radical (unpaired) electrons. The first-order valence-corrected chi connectivity index (χ1v) is 10.4. The summed E-state index contributed by atoms with van der Waals surface area (Å²) in [5.74, 6) is -1.90. The zero-order valence-corrected chi connectivity index (χ0v) is 16.5. The molecule has 8 heteroatoms. The Morgan fingerprint density at radius 2 is 1.83 bits per heavy atom. The summed E-state index contributed by atoms with van der Waals surface area (Å²) in [5.41, 5.74) is 2.06. The van der Waals surface area contributed by atoms with Crippen molar-refractivity contribution in [3.8, 4) is 0 Å². The molecule has 0 unspecified atom stereocenters. The Balaban J connectivity index is 1.39. The maximum atomic E-state index is 13.5. The summed E-state index contributed by atoms with van der Waals surface area (Å²) in [4.78, 5) is 37.8. The number of ether oxygens (including phenoxy) is 1. The fourth-order valence-electron chi connectivity index (χ4n) is 3.03. The molecule has 0 bridgehead atoms. The lowest BCUT2D eigenvalue weighted by atomic mass is 10.0. The second-order valence-corrected chi connectivity index (χ2v) is 7.44. The van der Waals surface area contributed by atoms with Crippen molar-refractivity contribution < 1.29 is 23.5 Å². The highest BCUT2D eigenvalue weighted by atomic mass is 32.2. The van der Waals surface area contributed by atoms with Gasteiger partial charge in [0, 0.05) is 12.2 Å². The minimum Gasteiger partial charge on any atom is -0.455 e. The molecule has 0 aliphatic carbocycles. The van der Waals surface area contributed by atoms with Gasteiger partial charge in [0.25, 0.3) is 5.91 Å². The largest absolute Gasteiger partial charge is 0.455 e. The number of hydrogen-bond acceptors (Lipinski definition) is 5. The highest BCUT2D eigenvalue weighted by molar-refractivity contribution is 8.00. The van der Waals surface area contributed by atoms with Crippen LogP contribution < -0.4 is 10.2 Å². The van der Waals surface area contributed by atoms with E-state index < -0.39 is 17.7 Å². The Kier molecular flexibility index (Phi) is 7.24. The third-order valence-electron chi connectivity index (χ3n) is 4.37. The van der Waals surface area contributed by atoms with Gasteiger partial charge in [-0.05, 0) is 36.6 Å². The minimum atomic E-state index is -0.577. The number of halogens is 1. The van der Waals surface area contributed by atoms with Crippen LogP contribution in [0, 0.1) is 5.82 Å². The van der Waals surface area contributed by atoms with Crippen LogP contribution >= 0.6 is 11.8 Å². The van der Waals surface area contributed by atoms with Crippen LogP contribution in [0.25, 0.3) is 0 Å². The Bertz CT molecular complexity index is 906. The number of nitrogens with one attached hydrogen (secondary N) is 1. The minimum absolute atomic E-state index is 0.0309. The average molecular weight is 416 g/mol. The van der Waals surface area contributed by atoms with E-state index in [1.54, 1.807) is 11.0 Å². The first kappa shape index (κ1) is 20.9. The Hall–Kier alpha value is -2.87. The van der Waals surface area contributed by atoms with E-state index in [9.17, 15) is 18.8 Å². The molecule has 1 N–H and O–H groups in total. The molecule has 29 heavy (non-hydrogen) atoms. The summed E-state index contributed by atoms with van der Waals surface area (Å²) < 4.78 is 18.5. The van der Waals surface area contributed by atoms with Crippen LogP contribution in [0.4, 0.5) is 15.8 Å². The van der Waals surface area contributed by atoms with Gasteiger partial charge in [0.15, 0.2) is 6.61 Å². The number of hydrogen-bond donors (Lipinski definition) is 1. The van der Waals surface area contributed by atoms with Crippen molar-refractivity contribution in [3.63, 3.8) is 0 Å². The first-order valence-electron chi connectivity index (χ1n) is 9.20. The normalized spacial score (nSPS) is 12.8. The predicted molar refractivity (Wildman–Crippen MR) is 110 cm³/mol. The first-order chi connectivity index (χ1) is 14.0. The predicted octanol–water partition coefficient (Wildman–Crippen LogP) is 3.02. The molecular weight excluding hydrogens is 395 g/mol. The topological polar surface area (TPSA) is 75.7 Å². The van der Waals surface area contributed by atoms with Crippen molar-refractivity contribution >= 4 is 40.9 Å². The van der Waals surface area contributed by atoms with E-state index in [0.29, 0.717) is 6.54 Å². The van der Waals surface area contributed by atoms with Crippen LogP contribution in [0.1, 0.15) is 12.0 Å². The van der Waals surface area contributed by atoms with E-state index in [4.69, 9.17) is 4.74 Å². The molecule has 2 amide bonds. The summed E-state index contributed by atoms with van der Waals surface area (Å²) in [5, 5.41) is 2.44. The van der Waals surface area contributed by atoms with E-state index >= 15 is 0 Å². The highest BCUT2D eigenvalue weighted by Crippen LogP contribution is 2.26. The number of aryl methyl sites for hydroxylation is 1. The van der Waals surface area contributed by atoms with Crippen molar-refractivity contribution in [2.24, 2.45) is 0 Å². The standard InChI is InChI=1S/C21H21FN2O4S/c22-16-8-2-3-9-17(16)23-19(25)13-29-14-21(27)28-12-20(26)24-11-5-7-15-6-1-4-10-18(15)24/h1-4,6,8-10H,5,7,11-14H2,(H,23,25). The number of carbonyl (C=O) groups is 3. The number of esters is 1. The van der Waals surface area contributed by atoms with E-state index in [-0.39, 0.29) is 29.7 Å². The quantitative estimate of drug-likeness (QED) is 0.703. The van der Waals surface area contributed by atoms with Crippen LogP contribution in [0.15, 0.2) is 48.5 Å². The number of nitrogens with zero attached hydrogens (tertiary/aromatic N) is 1. The Morgan fingerprint density at radius 3 is 2.66 bits per heavy atom. The van der Waals surface area contributed by atoms with E-state index in [1.807, 2.05) is 24.3 Å². The van der Waals surface area contributed by atoms with Gasteiger partial charge >= 0.3 is 5.97 Å². The van der Waals surface area contributed by atoms with E-state index in [1.165, 1.54) is 18.2 Å². The number of rotatable bonds is 7. The summed E-state index contributed by atoms with van der Waals surface area (Å²) in [6.07, 6.45) is 1.79. The molecule has 2 aromatic carbocycles. The summed E-state index contributed by atoms with van der Waals surface area (Å²) >= 11 is 1.04. The van der Waals surface area contributed by atoms with Gasteiger partial charge in [0.05, 0.1) is 17.2 Å². The highest BCUT2D eigenvalue weighted by Gasteiger charge is 2.23. The van der Waals surface area contributed by atoms with Gasteiger partial charge in [-0.1, -0.05) is 30.3 Å². The lowest BCUT2D eigenvalue weighted by Gasteiger charge is -2.29. The summed E-state index contributed by atoms with van der Waals surface area (Å²) in [6.45, 7) is 0.257. The number of fused-ring (bicyclic) bond motifs is 1. The number of carbonyl (C=O) groups excluding carboxylic acids is 3. The van der Waals surface area contributed by atoms with Gasteiger partial charge < -0.3 is 15.0 Å². The van der Waals surface area contributed by atoms with Crippen molar-refractivity contribution in [2.45, 2.75) is 12.8 Å². The SMILES string of the molecule is O=C(CSCC(=O)OCC(=O)N1CCCc2ccccc21)Nc1ccccc1F. The Morgan fingerprint density at radius 1 is 1.07 bits per heavy atom. The number of benzene rings is 2. The maximum absolute atomic E-state index is 13.5. The molecule has 0 aromatic heterocycles. The number of anilines is 2. The number of amides is 2. The van der Waals surface area contributed by atoms with Gasteiger partial charge in [-0.15, -0.1) is 11.8 Å². The molecule has 0 saturated carbocycles. The van der Waals surface area contributed by atoms with Crippen LogP contribution in [0.5, 0.6) is 0 Å².